The number of aromatic nitrogens is 5. The van der Waals surface area contributed by atoms with Crippen LogP contribution in [0.1, 0.15) is 11.1 Å². The SMILES string of the molecule is Cc1ccccc1-n1c(Sc2snc(Cl)c2C#N)nnc1-c1ccncc1. The van der Waals surface area contributed by atoms with E-state index >= 15 is 0 Å². The van der Waals surface area contributed by atoms with Crippen molar-refractivity contribution < 1.29 is 0 Å². The number of aryl methyl sites for hydroxylation is 1. The molecule has 0 saturated carbocycles. The molecule has 0 atom stereocenters. The molecule has 0 saturated heterocycles. The monoisotopic (exact) mass is 410 g/mol. The Morgan fingerprint density at radius 1 is 1.15 bits per heavy atom. The van der Waals surface area contributed by atoms with E-state index in [0.717, 1.165) is 16.8 Å². The van der Waals surface area contributed by atoms with Gasteiger partial charge in [0.1, 0.15) is 15.8 Å². The van der Waals surface area contributed by atoms with Crippen molar-refractivity contribution in [2.75, 3.05) is 0 Å². The number of nitriles is 1. The lowest BCUT2D eigenvalue weighted by molar-refractivity contribution is 0.881. The molecule has 0 radical (unpaired) electrons. The quantitative estimate of drug-likeness (QED) is 0.482. The van der Waals surface area contributed by atoms with Crippen LogP contribution >= 0.6 is 34.9 Å². The molecule has 4 aromatic rings. The maximum absolute atomic E-state index is 9.35. The van der Waals surface area contributed by atoms with Gasteiger partial charge in [-0.25, -0.2) is 0 Å². The molecule has 0 bridgehead atoms. The first-order valence-corrected chi connectivity index (χ1v) is 9.80. The predicted molar refractivity (Wildman–Crippen MR) is 105 cm³/mol. The molecular weight excluding hydrogens is 400 g/mol. The zero-order chi connectivity index (χ0) is 18.8. The Morgan fingerprint density at radius 2 is 1.93 bits per heavy atom. The maximum atomic E-state index is 9.35. The molecule has 0 aliphatic heterocycles. The van der Waals surface area contributed by atoms with Gasteiger partial charge in [0.25, 0.3) is 0 Å². The van der Waals surface area contributed by atoms with Gasteiger partial charge in [-0.15, -0.1) is 10.2 Å². The second kappa shape index (κ2) is 7.48. The van der Waals surface area contributed by atoms with E-state index in [1.165, 1.54) is 23.3 Å². The van der Waals surface area contributed by atoms with Crippen molar-refractivity contribution in [3.8, 4) is 23.1 Å². The lowest BCUT2D eigenvalue weighted by atomic mass is 10.2. The van der Waals surface area contributed by atoms with E-state index in [2.05, 4.69) is 25.6 Å². The summed E-state index contributed by atoms with van der Waals surface area (Å²) in [6.45, 7) is 2.03. The third-order valence-corrected chi connectivity index (χ3v) is 6.17. The van der Waals surface area contributed by atoms with Crippen LogP contribution in [0, 0.1) is 18.3 Å². The van der Waals surface area contributed by atoms with Crippen LogP contribution in [0.2, 0.25) is 5.15 Å². The minimum Gasteiger partial charge on any atom is -0.269 e. The van der Waals surface area contributed by atoms with Gasteiger partial charge in [-0.05, 0) is 54.0 Å². The van der Waals surface area contributed by atoms with Crippen molar-refractivity contribution in [2.24, 2.45) is 0 Å². The van der Waals surface area contributed by atoms with Gasteiger partial charge in [0.15, 0.2) is 11.0 Å². The Labute approximate surface area is 168 Å². The summed E-state index contributed by atoms with van der Waals surface area (Å²) in [5.74, 6) is 0.698. The molecule has 0 N–H and O–H groups in total. The van der Waals surface area contributed by atoms with Gasteiger partial charge in [-0.3, -0.25) is 9.55 Å². The Kier molecular flexibility index (Phi) is 4.90. The lowest BCUT2D eigenvalue weighted by Gasteiger charge is -2.12. The fraction of sp³-hybridized carbons (Fsp3) is 0.0556. The number of nitrogens with zero attached hydrogens (tertiary/aromatic N) is 6. The van der Waals surface area contributed by atoms with Gasteiger partial charge in [-0.1, -0.05) is 29.8 Å². The maximum Gasteiger partial charge on any atom is 0.201 e. The average molecular weight is 411 g/mol. The van der Waals surface area contributed by atoms with Gasteiger partial charge >= 0.3 is 0 Å². The minimum atomic E-state index is 0.210. The highest BCUT2D eigenvalue weighted by atomic mass is 35.5. The molecular formula is C18H11ClN6S2. The van der Waals surface area contributed by atoms with E-state index < -0.39 is 0 Å². The third kappa shape index (κ3) is 3.32. The second-order valence-corrected chi connectivity index (χ2v) is 7.88. The summed E-state index contributed by atoms with van der Waals surface area (Å²) in [5, 5.41) is 19.0. The Morgan fingerprint density at radius 3 is 2.67 bits per heavy atom. The molecule has 0 spiro atoms. The van der Waals surface area contributed by atoms with E-state index in [4.69, 9.17) is 11.6 Å². The van der Waals surface area contributed by atoms with Crippen LogP contribution in [0.25, 0.3) is 17.1 Å². The van der Waals surface area contributed by atoms with E-state index in [-0.39, 0.29) is 5.15 Å². The van der Waals surface area contributed by atoms with Crippen molar-refractivity contribution in [1.82, 2.24) is 24.1 Å². The highest BCUT2D eigenvalue weighted by molar-refractivity contribution is 8.01. The molecule has 0 aliphatic rings. The number of rotatable bonds is 4. The lowest BCUT2D eigenvalue weighted by Crippen LogP contribution is -2.01. The molecule has 0 aliphatic carbocycles. The number of pyridine rings is 1. The Bertz CT molecular complexity index is 1150. The first kappa shape index (κ1) is 17.7. The van der Waals surface area contributed by atoms with Crippen molar-refractivity contribution in [3.05, 3.63) is 65.1 Å². The van der Waals surface area contributed by atoms with Gasteiger partial charge in [0.05, 0.1) is 5.69 Å². The molecule has 0 amide bonds. The van der Waals surface area contributed by atoms with Crippen LogP contribution in [0.4, 0.5) is 0 Å². The van der Waals surface area contributed by atoms with Crippen LogP contribution in [0.3, 0.4) is 0 Å². The normalized spacial score (nSPS) is 10.7. The summed E-state index contributed by atoms with van der Waals surface area (Å²) in [6, 6.07) is 13.9. The summed E-state index contributed by atoms with van der Waals surface area (Å²) in [4.78, 5) is 4.07. The van der Waals surface area contributed by atoms with Crippen LogP contribution in [0.15, 0.2) is 58.2 Å². The molecule has 0 unspecified atom stereocenters. The molecule has 1 aromatic carbocycles. The zero-order valence-corrected chi connectivity index (χ0v) is 16.4. The molecule has 0 fully saturated rings. The van der Waals surface area contributed by atoms with Crippen LogP contribution in [-0.4, -0.2) is 24.1 Å². The summed E-state index contributed by atoms with van der Waals surface area (Å²) < 4.78 is 6.73. The second-order valence-electron chi connectivity index (χ2n) is 5.51. The van der Waals surface area contributed by atoms with Crippen molar-refractivity contribution in [2.45, 2.75) is 16.3 Å². The van der Waals surface area contributed by atoms with E-state index in [1.807, 2.05) is 47.9 Å². The van der Waals surface area contributed by atoms with Crippen LogP contribution in [0.5, 0.6) is 0 Å². The number of para-hydroxylation sites is 1. The first-order valence-electron chi connectivity index (χ1n) is 7.84. The van der Waals surface area contributed by atoms with Gasteiger partial charge in [0.2, 0.25) is 5.16 Å². The van der Waals surface area contributed by atoms with Crippen molar-refractivity contribution in [1.29, 1.82) is 5.26 Å². The van der Waals surface area contributed by atoms with Gasteiger partial charge in [0, 0.05) is 18.0 Å². The highest BCUT2D eigenvalue weighted by Crippen LogP contribution is 2.38. The smallest absolute Gasteiger partial charge is 0.201 e. The molecule has 6 nitrogen and oxygen atoms in total. The number of hydrogen-bond acceptors (Lipinski definition) is 7. The zero-order valence-electron chi connectivity index (χ0n) is 14.0. The molecule has 3 heterocycles. The van der Waals surface area contributed by atoms with E-state index in [1.54, 1.807) is 12.4 Å². The fourth-order valence-electron chi connectivity index (χ4n) is 2.56. The molecule has 27 heavy (non-hydrogen) atoms. The largest absolute Gasteiger partial charge is 0.269 e. The van der Waals surface area contributed by atoms with E-state index in [0.29, 0.717) is 20.8 Å². The molecule has 3 aromatic heterocycles. The number of hydrogen-bond donors (Lipinski definition) is 0. The topological polar surface area (TPSA) is 80.3 Å². The summed E-state index contributed by atoms with van der Waals surface area (Å²) in [6.07, 6.45) is 3.44. The van der Waals surface area contributed by atoms with Crippen molar-refractivity contribution >= 4 is 34.9 Å². The van der Waals surface area contributed by atoms with Crippen LogP contribution < -0.4 is 0 Å². The summed E-state index contributed by atoms with van der Waals surface area (Å²) in [7, 11) is 0. The van der Waals surface area contributed by atoms with Gasteiger partial charge in [-0.2, -0.15) is 9.64 Å². The predicted octanol–water partition coefficient (Wildman–Crippen LogP) is 4.77. The molecule has 4 rings (SSSR count). The third-order valence-electron chi connectivity index (χ3n) is 3.84. The Balaban J connectivity index is 1.89. The van der Waals surface area contributed by atoms with Gasteiger partial charge < -0.3 is 0 Å². The van der Waals surface area contributed by atoms with Crippen LogP contribution in [-0.2, 0) is 0 Å². The minimum absolute atomic E-state index is 0.210. The summed E-state index contributed by atoms with van der Waals surface area (Å²) >= 11 is 8.51. The standard InChI is InChI=1S/C18H11ClN6S2/c1-11-4-2-3-5-14(11)25-16(12-6-8-21-9-7-12)22-23-18(25)26-17-13(10-20)15(19)24-27-17/h2-9H,1H3. The number of benzene rings is 1. The fourth-order valence-corrected chi connectivity index (χ4v) is 4.65. The molecule has 132 valence electrons. The highest BCUT2D eigenvalue weighted by Gasteiger charge is 2.21. The molecule has 9 heteroatoms. The average Bonchev–Trinajstić information content (AvgIpc) is 3.26. The van der Waals surface area contributed by atoms with Crippen molar-refractivity contribution in [3.63, 3.8) is 0 Å². The first-order chi connectivity index (χ1) is 13.2. The number of halogens is 1. The Hall–Kier alpha value is -2.73. The van der Waals surface area contributed by atoms with E-state index in [9.17, 15) is 5.26 Å². The summed E-state index contributed by atoms with van der Waals surface area (Å²) in [5.41, 5.74) is 3.30.